The van der Waals surface area contributed by atoms with Crippen molar-refractivity contribution in [2.75, 3.05) is 13.1 Å². The summed E-state index contributed by atoms with van der Waals surface area (Å²) in [6.07, 6.45) is 1.83. The quantitative estimate of drug-likeness (QED) is 0.770. The summed E-state index contributed by atoms with van der Waals surface area (Å²) in [6, 6.07) is 9.32. The number of piperidine rings is 1. The summed E-state index contributed by atoms with van der Waals surface area (Å²) in [7, 11) is 0. The zero-order chi connectivity index (χ0) is 19.0. The first kappa shape index (κ1) is 18.2. The lowest BCUT2D eigenvalue weighted by molar-refractivity contribution is 0.0410. The molecule has 0 unspecified atom stereocenters. The molecule has 4 rings (SSSR count). The molecule has 2 aromatic rings. The number of rotatable bonds is 4. The zero-order valence-corrected chi connectivity index (χ0v) is 15.9. The highest BCUT2D eigenvalue weighted by atomic mass is 16.5. The second kappa shape index (κ2) is 7.09. The molecule has 0 bridgehead atoms. The van der Waals surface area contributed by atoms with Gasteiger partial charge in [0.15, 0.2) is 0 Å². The maximum absolute atomic E-state index is 12.8. The van der Waals surface area contributed by atoms with E-state index < -0.39 is 12.1 Å². The van der Waals surface area contributed by atoms with Crippen LogP contribution in [0.5, 0.6) is 0 Å². The van der Waals surface area contributed by atoms with Crippen LogP contribution in [0.25, 0.3) is 0 Å². The number of carbonyl (C=O) groups is 1. The Hall–Kier alpha value is -2.18. The van der Waals surface area contributed by atoms with E-state index in [0.29, 0.717) is 5.92 Å². The monoisotopic (exact) mass is 369 g/mol. The molecule has 1 aliphatic carbocycles. The normalized spacial score (nSPS) is 23.6. The van der Waals surface area contributed by atoms with Crippen molar-refractivity contribution in [1.82, 2.24) is 15.8 Å². The number of nitrogens with zero attached hydrogens (tertiary/aromatic N) is 1. The van der Waals surface area contributed by atoms with Crippen molar-refractivity contribution in [2.45, 2.75) is 50.7 Å². The predicted molar refractivity (Wildman–Crippen MR) is 101 cm³/mol. The standard InChI is InChI=1S/C21H27N3O3/c1-13(2)11-14-12-17(27-24-14)20(26)23-18-15-5-3-4-6-16(15)21(19(18)25)7-9-22-10-8-21/h3-6,12-13,18-19,22,25H,7-11H2,1-2H3,(H,23,26)/t18-,19+/m0/s1. The molecule has 0 radical (unpaired) electrons. The minimum atomic E-state index is -0.654. The number of fused-ring (bicyclic) bond motifs is 2. The van der Waals surface area contributed by atoms with E-state index in [1.165, 1.54) is 0 Å². The minimum absolute atomic E-state index is 0.196. The van der Waals surface area contributed by atoms with Crippen LogP contribution >= 0.6 is 0 Å². The molecule has 1 aromatic heterocycles. The Labute approximate surface area is 159 Å². The molecule has 2 heterocycles. The third-order valence-electron chi connectivity index (χ3n) is 5.90. The molecule has 6 nitrogen and oxygen atoms in total. The van der Waals surface area contributed by atoms with E-state index in [-0.39, 0.29) is 17.1 Å². The van der Waals surface area contributed by atoms with Crippen LogP contribution in [0, 0.1) is 5.92 Å². The molecule has 6 heteroatoms. The molecular formula is C21H27N3O3. The van der Waals surface area contributed by atoms with Gasteiger partial charge in [-0.05, 0) is 49.4 Å². The Morgan fingerprint density at radius 2 is 2.11 bits per heavy atom. The molecule has 0 saturated carbocycles. The number of hydrogen-bond donors (Lipinski definition) is 3. The Bertz CT molecular complexity index is 824. The summed E-state index contributed by atoms with van der Waals surface area (Å²) in [5.41, 5.74) is 2.63. The van der Waals surface area contributed by atoms with Gasteiger partial charge >= 0.3 is 0 Å². The van der Waals surface area contributed by atoms with Crippen molar-refractivity contribution in [3.05, 3.63) is 52.9 Å². The van der Waals surface area contributed by atoms with Gasteiger partial charge in [0.25, 0.3) is 5.91 Å². The van der Waals surface area contributed by atoms with Gasteiger partial charge in [-0.25, -0.2) is 0 Å². The molecule has 1 fully saturated rings. The van der Waals surface area contributed by atoms with Gasteiger partial charge in [0.1, 0.15) is 0 Å². The van der Waals surface area contributed by atoms with Crippen LogP contribution < -0.4 is 10.6 Å². The number of carbonyl (C=O) groups excluding carboxylic acids is 1. The molecule has 2 atom stereocenters. The number of amides is 1. The summed E-state index contributed by atoms with van der Waals surface area (Å²) in [4.78, 5) is 12.8. The highest BCUT2D eigenvalue weighted by Gasteiger charge is 2.52. The number of hydrogen-bond acceptors (Lipinski definition) is 5. The molecule has 2 aliphatic rings. The molecule has 1 spiro atoms. The molecule has 3 N–H and O–H groups in total. The average molecular weight is 369 g/mol. The zero-order valence-electron chi connectivity index (χ0n) is 15.9. The van der Waals surface area contributed by atoms with Crippen LogP contribution in [0.2, 0.25) is 0 Å². The van der Waals surface area contributed by atoms with E-state index in [9.17, 15) is 9.90 Å². The summed E-state index contributed by atoms with van der Waals surface area (Å²) in [6.45, 7) is 5.93. The Kier molecular flexibility index (Phi) is 4.78. The fourth-order valence-electron chi connectivity index (χ4n) is 4.61. The lowest BCUT2D eigenvalue weighted by atomic mass is 9.72. The van der Waals surface area contributed by atoms with Crippen molar-refractivity contribution in [3.8, 4) is 0 Å². The van der Waals surface area contributed by atoms with E-state index in [4.69, 9.17) is 4.52 Å². The largest absolute Gasteiger partial charge is 0.390 e. The highest BCUT2D eigenvalue weighted by Crippen LogP contribution is 2.50. The number of aliphatic hydroxyl groups is 1. The van der Waals surface area contributed by atoms with Gasteiger partial charge in [-0.1, -0.05) is 43.3 Å². The number of aromatic nitrogens is 1. The number of benzene rings is 1. The van der Waals surface area contributed by atoms with Crippen LogP contribution in [0.3, 0.4) is 0 Å². The van der Waals surface area contributed by atoms with Crippen molar-refractivity contribution >= 4 is 5.91 Å². The van der Waals surface area contributed by atoms with Crippen LogP contribution in [0.1, 0.15) is 60.1 Å². The van der Waals surface area contributed by atoms with E-state index in [1.54, 1.807) is 6.07 Å². The molecule has 1 aromatic carbocycles. The maximum Gasteiger partial charge on any atom is 0.290 e. The molecule has 1 amide bonds. The smallest absolute Gasteiger partial charge is 0.290 e. The fraction of sp³-hybridized carbons (Fsp3) is 0.524. The molecule has 1 aliphatic heterocycles. The van der Waals surface area contributed by atoms with Gasteiger partial charge in [0.05, 0.1) is 17.8 Å². The van der Waals surface area contributed by atoms with Crippen LogP contribution in [0.15, 0.2) is 34.9 Å². The maximum atomic E-state index is 12.8. The van der Waals surface area contributed by atoms with Gasteiger partial charge in [-0.15, -0.1) is 0 Å². The van der Waals surface area contributed by atoms with E-state index >= 15 is 0 Å². The van der Waals surface area contributed by atoms with Crippen molar-refractivity contribution in [2.24, 2.45) is 5.92 Å². The average Bonchev–Trinajstić information content (AvgIpc) is 3.21. The highest BCUT2D eigenvalue weighted by molar-refractivity contribution is 5.92. The summed E-state index contributed by atoms with van der Waals surface area (Å²) in [5.74, 6) is 0.304. The first-order valence-corrected chi connectivity index (χ1v) is 9.76. The Morgan fingerprint density at radius 1 is 1.37 bits per heavy atom. The topological polar surface area (TPSA) is 87.4 Å². The van der Waals surface area contributed by atoms with E-state index in [2.05, 4.69) is 35.7 Å². The first-order chi connectivity index (χ1) is 13.0. The summed E-state index contributed by atoms with van der Waals surface area (Å²) >= 11 is 0. The second-order valence-electron chi connectivity index (χ2n) is 8.17. The van der Waals surface area contributed by atoms with E-state index in [1.807, 2.05) is 18.2 Å². The van der Waals surface area contributed by atoms with Crippen LogP contribution in [-0.2, 0) is 11.8 Å². The number of aliphatic hydroxyl groups excluding tert-OH is 1. The van der Waals surface area contributed by atoms with Crippen molar-refractivity contribution in [1.29, 1.82) is 0 Å². The lowest BCUT2D eigenvalue weighted by Crippen LogP contribution is -2.48. The fourth-order valence-corrected chi connectivity index (χ4v) is 4.61. The summed E-state index contributed by atoms with van der Waals surface area (Å²) < 4.78 is 5.24. The lowest BCUT2D eigenvalue weighted by Gasteiger charge is -2.38. The third-order valence-corrected chi connectivity index (χ3v) is 5.90. The van der Waals surface area contributed by atoms with Gasteiger partial charge < -0.3 is 20.3 Å². The Morgan fingerprint density at radius 3 is 2.85 bits per heavy atom. The molecule has 27 heavy (non-hydrogen) atoms. The predicted octanol–water partition coefficient (Wildman–Crippen LogP) is 2.34. The Balaban J connectivity index is 1.58. The minimum Gasteiger partial charge on any atom is -0.390 e. The van der Waals surface area contributed by atoms with Crippen LogP contribution in [-0.4, -0.2) is 35.4 Å². The SMILES string of the molecule is CC(C)Cc1cc(C(=O)N[C@H]2c3ccccc3C3(CCNCC3)[C@@H]2O)on1. The molecule has 1 saturated heterocycles. The van der Waals surface area contributed by atoms with Gasteiger partial charge in [-0.2, -0.15) is 0 Å². The summed E-state index contributed by atoms with van der Waals surface area (Å²) in [5, 5.41) is 21.6. The van der Waals surface area contributed by atoms with E-state index in [0.717, 1.165) is 49.2 Å². The molecule has 144 valence electrons. The third kappa shape index (κ3) is 3.17. The van der Waals surface area contributed by atoms with Gasteiger partial charge in [0, 0.05) is 11.5 Å². The van der Waals surface area contributed by atoms with Gasteiger partial charge in [-0.3, -0.25) is 4.79 Å². The second-order valence-corrected chi connectivity index (χ2v) is 8.17. The van der Waals surface area contributed by atoms with Gasteiger partial charge in [0.2, 0.25) is 5.76 Å². The number of nitrogens with one attached hydrogen (secondary N) is 2. The molecular weight excluding hydrogens is 342 g/mol. The van der Waals surface area contributed by atoms with Crippen molar-refractivity contribution < 1.29 is 14.4 Å². The van der Waals surface area contributed by atoms with Crippen LogP contribution in [0.4, 0.5) is 0 Å². The first-order valence-electron chi connectivity index (χ1n) is 9.76. The van der Waals surface area contributed by atoms with Crippen molar-refractivity contribution in [3.63, 3.8) is 0 Å².